The Labute approximate surface area is 104 Å². The van der Waals surface area contributed by atoms with E-state index in [9.17, 15) is 4.79 Å². The van der Waals surface area contributed by atoms with Crippen LogP contribution in [0.15, 0.2) is 24.7 Å². The van der Waals surface area contributed by atoms with Gasteiger partial charge < -0.3 is 10.6 Å². The lowest BCUT2D eigenvalue weighted by Crippen LogP contribution is -2.18. The van der Waals surface area contributed by atoms with Crippen molar-refractivity contribution < 1.29 is 4.79 Å². The molecule has 2 rings (SSSR count). The SMILES string of the molecule is CNCc1cnc(-n2ccc(C(=O)NC)n2)nc1. The zero-order valence-electron chi connectivity index (χ0n) is 10.2. The fraction of sp³-hybridized carbons (Fsp3) is 0.273. The van der Waals surface area contributed by atoms with Gasteiger partial charge in [-0.25, -0.2) is 14.6 Å². The monoisotopic (exact) mass is 246 g/mol. The van der Waals surface area contributed by atoms with Gasteiger partial charge in [0.2, 0.25) is 5.95 Å². The Balaban J connectivity index is 2.20. The third-order valence-corrected chi connectivity index (χ3v) is 2.33. The summed E-state index contributed by atoms with van der Waals surface area (Å²) >= 11 is 0. The molecular weight excluding hydrogens is 232 g/mol. The second-order valence-electron chi connectivity index (χ2n) is 3.65. The van der Waals surface area contributed by atoms with Crippen LogP contribution in [0.25, 0.3) is 5.95 Å². The quantitative estimate of drug-likeness (QED) is 0.776. The summed E-state index contributed by atoms with van der Waals surface area (Å²) in [4.78, 5) is 19.7. The minimum Gasteiger partial charge on any atom is -0.354 e. The fourth-order valence-electron chi connectivity index (χ4n) is 1.45. The zero-order chi connectivity index (χ0) is 13.0. The van der Waals surface area contributed by atoms with E-state index in [0.717, 1.165) is 5.56 Å². The Hall–Kier alpha value is -2.28. The summed E-state index contributed by atoms with van der Waals surface area (Å²) in [6, 6.07) is 1.61. The van der Waals surface area contributed by atoms with Crippen molar-refractivity contribution in [1.29, 1.82) is 0 Å². The molecule has 0 unspecified atom stereocenters. The van der Waals surface area contributed by atoms with Crippen molar-refractivity contribution in [1.82, 2.24) is 30.4 Å². The Morgan fingerprint density at radius 3 is 2.67 bits per heavy atom. The van der Waals surface area contributed by atoms with E-state index >= 15 is 0 Å². The van der Waals surface area contributed by atoms with Crippen LogP contribution in [-0.4, -0.2) is 39.8 Å². The van der Waals surface area contributed by atoms with E-state index in [1.54, 1.807) is 31.7 Å². The van der Waals surface area contributed by atoms with Gasteiger partial charge in [0.25, 0.3) is 5.91 Å². The summed E-state index contributed by atoms with van der Waals surface area (Å²) in [5.74, 6) is 0.200. The van der Waals surface area contributed by atoms with Crippen LogP contribution in [0.3, 0.4) is 0 Å². The molecule has 0 atom stereocenters. The number of carbonyl (C=O) groups is 1. The molecule has 0 aromatic carbocycles. The van der Waals surface area contributed by atoms with Crippen molar-refractivity contribution in [2.45, 2.75) is 6.54 Å². The molecule has 94 valence electrons. The Morgan fingerprint density at radius 2 is 2.06 bits per heavy atom. The average molecular weight is 246 g/mol. The maximum absolute atomic E-state index is 11.4. The van der Waals surface area contributed by atoms with Gasteiger partial charge in [0, 0.05) is 37.7 Å². The molecule has 0 bridgehead atoms. The molecular formula is C11H14N6O. The van der Waals surface area contributed by atoms with Gasteiger partial charge in [-0.05, 0) is 13.1 Å². The lowest BCUT2D eigenvalue weighted by atomic mass is 10.3. The van der Waals surface area contributed by atoms with E-state index in [0.29, 0.717) is 18.2 Å². The number of nitrogens with zero attached hydrogens (tertiary/aromatic N) is 4. The number of hydrogen-bond acceptors (Lipinski definition) is 5. The summed E-state index contributed by atoms with van der Waals surface area (Å²) in [6.07, 6.45) is 5.10. The summed E-state index contributed by atoms with van der Waals surface area (Å²) < 4.78 is 1.47. The molecule has 0 saturated carbocycles. The van der Waals surface area contributed by atoms with E-state index in [1.807, 2.05) is 7.05 Å². The van der Waals surface area contributed by atoms with Gasteiger partial charge in [-0.1, -0.05) is 0 Å². The lowest BCUT2D eigenvalue weighted by Gasteiger charge is -2.01. The number of aromatic nitrogens is 4. The van der Waals surface area contributed by atoms with Crippen molar-refractivity contribution in [3.8, 4) is 5.95 Å². The van der Waals surface area contributed by atoms with E-state index in [-0.39, 0.29) is 5.91 Å². The number of amides is 1. The first-order chi connectivity index (χ1) is 8.74. The minimum absolute atomic E-state index is 0.236. The first-order valence-corrected chi connectivity index (χ1v) is 5.48. The predicted molar refractivity (Wildman–Crippen MR) is 65.3 cm³/mol. The second kappa shape index (κ2) is 5.37. The lowest BCUT2D eigenvalue weighted by molar-refractivity contribution is 0.0957. The van der Waals surface area contributed by atoms with Gasteiger partial charge >= 0.3 is 0 Å². The standard InChI is InChI=1S/C11H14N6O/c1-12-5-8-6-14-11(15-7-8)17-4-3-9(16-17)10(18)13-2/h3-4,6-7,12H,5H2,1-2H3,(H,13,18). The highest BCUT2D eigenvalue weighted by Gasteiger charge is 2.09. The molecule has 0 saturated heterocycles. The first kappa shape index (κ1) is 12.2. The Kier molecular flexibility index (Phi) is 3.63. The Morgan fingerprint density at radius 1 is 1.33 bits per heavy atom. The predicted octanol–water partition coefficient (Wildman–Crippen LogP) is -0.259. The largest absolute Gasteiger partial charge is 0.354 e. The van der Waals surface area contributed by atoms with Gasteiger partial charge in [0.05, 0.1) is 0 Å². The first-order valence-electron chi connectivity index (χ1n) is 5.48. The molecule has 0 spiro atoms. The molecule has 0 aliphatic heterocycles. The Bertz CT molecular complexity index is 533. The third-order valence-electron chi connectivity index (χ3n) is 2.33. The highest BCUT2D eigenvalue weighted by molar-refractivity contribution is 5.91. The number of carbonyl (C=O) groups excluding carboxylic acids is 1. The van der Waals surface area contributed by atoms with Gasteiger partial charge in [-0.3, -0.25) is 4.79 Å². The van der Waals surface area contributed by atoms with Gasteiger partial charge in [-0.15, -0.1) is 0 Å². The molecule has 0 fully saturated rings. The van der Waals surface area contributed by atoms with Crippen LogP contribution in [-0.2, 0) is 6.54 Å². The summed E-state index contributed by atoms with van der Waals surface area (Å²) in [5, 5.41) is 9.61. The van der Waals surface area contributed by atoms with Crippen LogP contribution in [0.4, 0.5) is 0 Å². The van der Waals surface area contributed by atoms with E-state index < -0.39 is 0 Å². The minimum atomic E-state index is -0.236. The number of hydrogen-bond donors (Lipinski definition) is 2. The van der Waals surface area contributed by atoms with Gasteiger partial charge in [-0.2, -0.15) is 5.10 Å². The molecule has 2 aromatic rings. The highest BCUT2D eigenvalue weighted by Crippen LogP contribution is 2.03. The molecule has 0 aliphatic rings. The summed E-state index contributed by atoms with van der Waals surface area (Å²) in [5.41, 5.74) is 1.32. The van der Waals surface area contributed by atoms with Crippen molar-refractivity contribution >= 4 is 5.91 Å². The third kappa shape index (κ3) is 2.51. The van der Waals surface area contributed by atoms with E-state index in [4.69, 9.17) is 0 Å². The van der Waals surface area contributed by atoms with Crippen molar-refractivity contribution in [2.24, 2.45) is 0 Å². The average Bonchev–Trinajstić information content (AvgIpc) is 2.89. The van der Waals surface area contributed by atoms with Crippen molar-refractivity contribution in [2.75, 3.05) is 14.1 Å². The van der Waals surface area contributed by atoms with Crippen molar-refractivity contribution in [3.63, 3.8) is 0 Å². The second-order valence-corrected chi connectivity index (χ2v) is 3.65. The molecule has 2 N–H and O–H groups in total. The normalized spacial score (nSPS) is 10.3. The van der Waals surface area contributed by atoms with Crippen LogP contribution in [0, 0.1) is 0 Å². The number of nitrogens with one attached hydrogen (secondary N) is 2. The molecule has 2 aromatic heterocycles. The van der Waals surface area contributed by atoms with Crippen molar-refractivity contribution in [3.05, 3.63) is 35.9 Å². The summed E-state index contributed by atoms with van der Waals surface area (Å²) in [7, 11) is 3.42. The maximum Gasteiger partial charge on any atom is 0.271 e. The maximum atomic E-state index is 11.4. The van der Waals surface area contributed by atoms with Crippen LogP contribution in [0.2, 0.25) is 0 Å². The smallest absolute Gasteiger partial charge is 0.271 e. The fourth-order valence-corrected chi connectivity index (χ4v) is 1.45. The molecule has 7 heteroatoms. The molecule has 2 heterocycles. The van der Waals surface area contributed by atoms with Crippen LogP contribution in [0.1, 0.15) is 16.1 Å². The van der Waals surface area contributed by atoms with Gasteiger partial charge in [0.15, 0.2) is 5.69 Å². The molecule has 0 aliphatic carbocycles. The molecule has 7 nitrogen and oxygen atoms in total. The highest BCUT2D eigenvalue weighted by atomic mass is 16.1. The van der Waals surface area contributed by atoms with E-state index in [1.165, 1.54) is 4.68 Å². The molecule has 18 heavy (non-hydrogen) atoms. The van der Waals surface area contributed by atoms with E-state index in [2.05, 4.69) is 25.7 Å². The molecule has 1 amide bonds. The summed E-state index contributed by atoms with van der Waals surface area (Å²) in [6.45, 7) is 0.711. The molecule has 0 radical (unpaired) electrons. The van der Waals surface area contributed by atoms with Crippen LogP contribution >= 0.6 is 0 Å². The van der Waals surface area contributed by atoms with Crippen LogP contribution in [0.5, 0.6) is 0 Å². The topological polar surface area (TPSA) is 84.7 Å². The van der Waals surface area contributed by atoms with Crippen LogP contribution < -0.4 is 10.6 Å². The zero-order valence-corrected chi connectivity index (χ0v) is 10.2. The number of rotatable bonds is 4. The van der Waals surface area contributed by atoms with Gasteiger partial charge in [0.1, 0.15) is 0 Å².